The summed E-state index contributed by atoms with van der Waals surface area (Å²) in [5, 5.41) is 12.8. The van der Waals surface area contributed by atoms with Crippen LogP contribution in [0.3, 0.4) is 0 Å². The van der Waals surface area contributed by atoms with Crippen LogP contribution < -0.4 is 10.2 Å². The monoisotopic (exact) mass is 382 g/mol. The summed E-state index contributed by atoms with van der Waals surface area (Å²) in [7, 11) is 1.97. The molecular formula is C22H26N2O2S. The SMILES string of the molecule is CC#Cc1ccc(-c2ccc3c(c2)C[C@@H](CO)NC(=O)C(C(C)C)N3C)s1. The van der Waals surface area contributed by atoms with Crippen LogP contribution in [0.1, 0.15) is 31.2 Å². The molecule has 2 heterocycles. The van der Waals surface area contributed by atoms with Crippen LogP contribution in [-0.2, 0) is 11.2 Å². The molecule has 0 spiro atoms. The number of aliphatic hydroxyl groups is 1. The molecule has 142 valence electrons. The standard InChI is InChI=1S/C22H26N2O2S/c1-5-6-18-8-10-20(27-18)15-7-9-19-16(11-15)12-17(13-25)23-22(26)21(14(2)3)24(19)4/h7-11,14,17,21,25H,12-13H2,1-4H3,(H,23,26)/t17-,21?/m0/s1. The summed E-state index contributed by atoms with van der Waals surface area (Å²) in [5.41, 5.74) is 3.33. The van der Waals surface area contributed by atoms with Crippen LogP contribution in [-0.4, -0.2) is 36.8 Å². The number of aliphatic hydroxyl groups excluding tert-OH is 1. The van der Waals surface area contributed by atoms with Gasteiger partial charge in [-0.15, -0.1) is 17.3 Å². The van der Waals surface area contributed by atoms with Crippen LogP contribution in [0, 0.1) is 17.8 Å². The predicted molar refractivity (Wildman–Crippen MR) is 112 cm³/mol. The summed E-state index contributed by atoms with van der Waals surface area (Å²) in [6.07, 6.45) is 0.605. The molecule has 2 aromatic rings. The molecule has 1 aromatic carbocycles. The zero-order valence-corrected chi connectivity index (χ0v) is 17.1. The summed E-state index contributed by atoms with van der Waals surface area (Å²) in [6, 6.07) is 9.99. The van der Waals surface area contributed by atoms with Crippen molar-refractivity contribution in [1.82, 2.24) is 5.32 Å². The lowest BCUT2D eigenvalue weighted by molar-refractivity contribution is -0.124. The van der Waals surface area contributed by atoms with Gasteiger partial charge in [0.1, 0.15) is 6.04 Å². The first kappa shape index (κ1) is 19.5. The molecule has 27 heavy (non-hydrogen) atoms. The number of carbonyl (C=O) groups excluding carboxylic acids is 1. The molecule has 1 aliphatic rings. The van der Waals surface area contributed by atoms with Gasteiger partial charge in [0.15, 0.2) is 0 Å². The van der Waals surface area contributed by atoms with Crippen LogP contribution in [0.25, 0.3) is 10.4 Å². The maximum absolute atomic E-state index is 12.7. The quantitative estimate of drug-likeness (QED) is 0.801. The summed E-state index contributed by atoms with van der Waals surface area (Å²) < 4.78 is 0. The van der Waals surface area contributed by atoms with Crippen molar-refractivity contribution in [2.75, 3.05) is 18.6 Å². The van der Waals surface area contributed by atoms with Crippen LogP contribution in [0.15, 0.2) is 30.3 Å². The molecule has 3 rings (SSSR count). The molecular weight excluding hydrogens is 356 g/mol. The third kappa shape index (κ3) is 4.02. The van der Waals surface area contributed by atoms with E-state index in [4.69, 9.17) is 0 Å². The van der Waals surface area contributed by atoms with E-state index in [2.05, 4.69) is 46.3 Å². The van der Waals surface area contributed by atoms with Gasteiger partial charge < -0.3 is 15.3 Å². The Kier molecular flexibility index (Phi) is 5.88. The zero-order valence-electron chi connectivity index (χ0n) is 16.2. The Balaban J connectivity index is 2.04. The van der Waals surface area contributed by atoms with Crippen molar-refractivity contribution in [3.8, 4) is 22.3 Å². The van der Waals surface area contributed by atoms with Crippen molar-refractivity contribution in [3.63, 3.8) is 0 Å². The minimum atomic E-state index is -0.272. The number of nitrogens with zero attached hydrogens (tertiary/aromatic N) is 1. The van der Waals surface area contributed by atoms with E-state index in [0.29, 0.717) is 6.42 Å². The van der Waals surface area contributed by atoms with Gasteiger partial charge in [0.05, 0.1) is 17.5 Å². The van der Waals surface area contributed by atoms with E-state index < -0.39 is 0 Å². The third-order valence-electron chi connectivity index (χ3n) is 4.95. The fourth-order valence-electron chi connectivity index (χ4n) is 3.72. The zero-order chi connectivity index (χ0) is 19.6. The average Bonchev–Trinajstić information content (AvgIpc) is 3.08. The molecule has 0 bridgehead atoms. The molecule has 5 heteroatoms. The number of rotatable bonds is 3. The van der Waals surface area contributed by atoms with Gasteiger partial charge >= 0.3 is 0 Å². The van der Waals surface area contributed by atoms with E-state index in [1.807, 2.05) is 33.9 Å². The molecule has 1 aliphatic heterocycles. The fourth-order valence-corrected chi connectivity index (χ4v) is 4.63. The predicted octanol–water partition coefficient (Wildman–Crippen LogP) is 3.28. The van der Waals surface area contributed by atoms with Crippen LogP contribution in [0.2, 0.25) is 0 Å². The topological polar surface area (TPSA) is 52.6 Å². The van der Waals surface area contributed by atoms with E-state index in [-0.39, 0.29) is 30.5 Å². The molecule has 2 N–H and O–H groups in total. The molecule has 1 unspecified atom stereocenters. The van der Waals surface area contributed by atoms with E-state index in [1.54, 1.807) is 11.3 Å². The second-order valence-electron chi connectivity index (χ2n) is 7.27. The average molecular weight is 383 g/mol. The molecule has 0 saturated carbocycles. The highest BCUT2D eigenvalue weighted by Gasteiger charge is 2.32. The number of thiophene rings is 1. The van der Waals surface area contributed by atoms with E-state index >= 15 is 0 Å². The molecule has 0 saturated heterocycles. The number of nitrogens with one attached hydrogen (secondary N) is 1. The Morgan fingerprint density at radius 3 is 2.78 bits per heavy atom. The second kappa shape index (κ2) is 8.16. The Labute approximate surface area is 165 Å². The number of carbonyl (C=O) groups is 1. The Hall–Kier alpha value is -2.29. The van der Waals surface area contributed by atoms with E-state index in [1.165, 1.54) is 4.88 Å². The first-order valence-corrected chi connectivity index (χ1v) is 10.1. The van der Waals surface area contributed by atoms with Crippen LogP contribution >= 0.6 is 11.3 Å². The van der Waals surface area contributed by atoms with Gasteiger partial charge in [-0.3, -0.25) is 4.79 Å². The number of amides is 1. The first-order chi connectivity index (χ1) is 12.9. The Morgan fingerprint density at radius 2 is 2.11 bits per heavy atom. The first-order valence-electron chi connectivity index (χ1n) is 9.24. The molecule has 1 aromatic heterocycles. The number of anilines is 1. The van der Waals surface area contributed by atoms with Crippen molar-refractivity contribution in [3.05, 3.63) is 40.8 Å². The molecule has 0 radical (unpaired) electrons. The Bertz CT molecular complexity index is 891. The van der Waals surface area contributed by atoms with Crippen molar-refractivity contribution in [2.45, 2.75) is 39.3 Å². The summed E-state index contributed by atoms with van der Waals surface area (Å²) in [4.78, 5) is 17.0. The number of fused-ring (bicyclic) bond motifs is 1. The van der Waals surface area contributed by atoms with Gasteiger partial charge in [-0.25, -0.2) is 0 Å². The highest BCUT2D eigenvalue weighted by molar-refractivity contribution is 7.16. The van der Waals surface area contributed by atoms with Gasteiger partial charge in [0.2, 0.25) is 5.91 Å². The number of likely N-dealkylation sites (N-methyl/N-ethyl adjacent to an activating group) is 1. The lowest BCUT2D eigenvalue weighted by Gasteiger charge is -2.37. The molecule has 2 atom stereocenters. The maximum Gasteiger partial charge on any atom is 0.243 e. The number of hydrogen-bond acceptors (Lipinski definition) is 4. The Morgan fingerprint density at radius 1 is 1.33 bits per heavy atom. The van der Waals surface area contributed by atoms with Gasteiger partial charge in [0, 0.05) is 17.6 Å². The van der Waals surface area contributed by atoms with Crippen molar-refractivity contribution in [1.29, 1.82) is 0 Å². The fraction of sp³-hybridized carbons (Fsp3) is 0.409. The van der Waals surface area contributed by atoms with Gasteiger partial charge in [0.25, 0.3) is 0 Å². The smallest absolute Gasteiger partial charge is 0.243 e. The van der Waals surface area contributed by atoms with Crippen molar-refractivity contribution >= 4 is 22.9 Å². The molecule has 0 aliphatic carbocycles. The summed E-state index contributed by atoms with van der Waals surface area (Å²) >= 11 is 1.68. The minimum absolute atomic E-state index is 0.0256. The second-order valence-corrected chi connectivity index (χ2v) is 8.36. The van der Waals surface area contributed by atoms with Gasteiger partial charge in [-0.05, 0) is 54.7 Å². The van der Waals surface area contributed by atoms with Crippen molar-refractivity contribution < 1.29 is 9.90 Å². The highest BCUT2D eigenvalue weighted by atomic mass is 32.1. The molecule has 4 nitrogen and oxygen atoms in total. The largest absolute Gasteiger partial charge is 0.394 e. The number of benzene rings is 1. The maximum atomic E-state index is 12.7. The normalized spacial score (nSPS) is 19.6. The van der Waals surface area contributed by atoms with Crippen molar-refractivity contribution in [2.24, 2.45) is 5.92 Å². The van der Waals surface area contributed by atoms with Crippen LogP contribution in [0.5, 0.6) is 0 Å². The van der Waals surface area contributed by atoms with E-state index in [0.717, 1.165) is 21.7 Å². The summed E-state index contributed by atoms with van der Waals surface area (Å²) in [5.74, 6) is 6.18. The third-order valence-corrected chi connectivity index (χ3v) is 6.00. The highest BCUT2D eigenvalue weighted by Crippen LogP contribution is 2.34. The van der Waals surface area contributed by atoms with Gasteiger partial charge in [-0.2, -0.15) is 0 Å². The lowest BCUT2D eigenvalue weighted by atomic mass is 9.94. The lowest BCUT2D eigenvalue weighted by Crippen LogP contribution is -2.54. The molecule has 0 fully saturated rings. The summed E-state index contributed by atoms with van der Waals surface area (Å²) in [6.45, 7) is 5.87. The number of hydrogen-bond donors (Lipinski definition) is 2. The molecule has 1 amide bonds. The van der Waals surface area contributed by atoms with E-state index in [9.17, 15) is 9.90 Å². The van der Waals surface area contributed by atoms with Gasteiger partial charge in [-0.1, -0.05) is 25.8 Å². The van der Waals surface area contributed by atoms with Crippen LogP contribution in [0.4, 0.5) is 5.69 Å². The minimum Gasteiger partial charge on any atom is -0.394 e.